The zero-order valence-corrected chi connectivity index (χ0v) is 10.9. The highest BCUT2D eigenvalue weighted by molar-refractivity contribution is 5.79. The molecule has 0 saturated carbocycles. The SMILES string of the molecule is CC(C)(C)OC(=O)N1CCO[C@@H](/C=C/C(=O)O)C1. The van der Waals surface area contributed by atoms with Crippen molar-refractivity contribution in [1.29, 1.82) is 0 Å². The van der Waals surface area contributed by atoms with E-state index in [-0.39, 0.29) is 0 Å². The Morgan fingerprint density at radius 2 is 2.11 bits per heavy atom. The van der Waals surface area contributed by atoms with Gasteiger partial charge in [-0.3, -0.25) is 0 Å². The molecule has 18 heavy (non-hydrogen) atoms. The van der Waals surface area contributed by atoms with Gasteiger partial charge in [0.05, 0.1) is 19.3 Å². The monoisotopic (exact) mass is 257 g/mol. The highest BCUT2D eigenvalue weighted by Gasteiger charge is 2.27. The molecule has 0 aliphatic carbocycles. The molecule has 1 rings (SSSR count). The molecule has 0 unspecified atom stereocenters. The predicted molar refractivity (Wildman–Crippen MR) is 64.3 cm³/mol. The third-order valence-electron chi connectivity index (χ3n) is 2.20. The minimum Gasteiger partial charge on any atom is -0.478 e. The molecule has 1 aliphatic rings. The Bertz CT molecular complexity index is 345. The van der Waals surface area contributed by atoms with Crippen LogP contribution >= 0.6 is 0 Å². The summed E-state index contributed by atoms with van der Waals surface area (Å²) in [5, 5.41) is 8.52. The number of carboxylic acid groups (broad SMARTS) is 1. The number of carboxylic acids is 1. The van der Waals surface area contributed by atoms with Gasteiger partial charge in [-0.15, -0.1) is 0 Å². The van der Waals surface area contributed by atoms with Gasteiger partial charge < -0.3 is 19.5 Å². The molecule has 1 atom stereocenters. The van der Waals surface area contributed by atoms with Crippen LogP contribution < -0.4 is 0 Å². The number of morpholine rings is 1. The fourth-order valence-corrected chi connectivity index (χ4v) is 1.47. The molecular formula is C12H19NO5. The van der Waals surface area contributed by atoms with E-state index in [1.807, 2.05) is 0 Å². The number of amides is 1. The summed E-state index contributed by atoms with van der Waals surface area (Å²) >= 11 is 0. The number of hydrogen-bond acceptors (Lipinski definition) is 4. The van der Waals surface area contributed by atoms with Crippen LogP contribution in [0, 0.1) is 0 Å². The average Bonchev–Trinajstić information content (AvgIpc) is 2.24. The first kappa shape index (κ1) is 14.5. The second kappa shape index (κ2) is 5.86. The molecule has 0 aromatic rings. The van der Waals surface area contributed by atoms with Gasteiger partial charge in [-0.1, -0.05) is 0 Å². The highest BCUT2D eigenvalue weighted by atomic mass is 16.6. The molecule has 1 fully saturated rings. The Labute approximate surface area is 106 Å². The summed E-state index contributed by atoms with van der Waals surface area (Å²) in [7, 11) is 0. The van der Waals surface area contributed by atoms with Gasteiger partial charge in [-0.2, -0.15) is 0 Å². The summed E-state index contributed by atoms with van der Waals surface area (Å²) in [6.07, 6.45) is 1.64. The first-order valence-corrected chi connectivity index (χ1v) is 5.78. The topological polar surface area (TPSA) is 76.1 Å². The number of rotatable bonds is 2. The molecule has 1 aliphatic heterocycles. The van der Waals surface area contributed by atoms with Crippen LogP contribution in [0.5, 0.6) is 0 Å². The molecule has 0 aromatic heterocycles. The maximum atomic E-state index is 11.8. The maximum Gasteiger partial charge on any atom is 0.410 e. The van der Waals surface area contributed by atoms with E-state index in [1.54, 1.807) is 20.8 Å². The predicted octanol–water partition coefficient (Wildman–Crippen LogP) is 1.26. The van der Waals surface area contributed by atoms with Gasteiger partial charge >= 0.3 is 12.1 Å². The lowest BCUT2D eigenvalue weighted by Gasteiger charge is -2.33. The van der Waals surface area contributed by atoms with Gasteiger partial charge in [-0.25, -0.2) is 9.59 Å². The van der Waals surface area contributed by atoms with Crippen LogP contribution in [0.25, 0.3) is 0 Å². The summed E-state index contributed by atoms with van der Waals surface area (Å²) in [6.45, 7) is 6.52. The van der Waals surface area contributed by atoms with Crippen molar-refractivity contribution in [2.45, 2.75) is 32.5 Å². The van der Waals surface area contributed by atoms with E-state index in [4.69, 9.17) is 14.6 Å². The molecule has 1 N–H and O–H groups in total. The number of aliphatic carboxylic acids is 1. The van der Waals surface area contributed by atoms with E-state index in [1.165, 1.54) is 11.0 Å². The van der Waals surface area contributed by atoms with Gasteiger partial charge in [0.15, 0.2) is 0 Å². The zero-order chi connectivity index (χ0) is 13.8. The number of nitrogens with zero attached hydrogens (tertiary/aromatic N) is 1. The van der Waals surface area contributed by atoms with Crippen molar-refractivity contribution in [3.05, 3.63) is 12.2 Å². The number of carbonyl (C=O) groups excluding carboxylic acids is 1. The third-order valence-corrected chi connectivity index (χ3v) is 2.20. The number of ether oxygens (including phenoxy) is 2. The smallest absolute Gasteiger partial charge is 0.410 e. The van der Waals surface area contributed by atoms with E-state index in [9.17, 15) is 9.59 Å². The van der Waals surface area contributed by atoms with Crippen molar-refractivity contribution in [1.82, 2.24) is 4.90 Å². The zero-order valence-electron chi connectivity index (χ0n) is 10.9. The molecule has 1 heterocycles. The second-order valence-electron chi connectivity index (χ2n) is 5.03. The van der Waals surface area contributed by atoms with E-state index < -0.39 is 23.8 Å². The summed E-state index contributed by atoms with van der Waals surface area (Å²) in [5.41, 5.74) is -0.540. The molecule has 1 amide bonds. The first-order chi connectivity index (χ1) is 8.28. The number of hydrogen-bond donors (Lipinski definition) is 1. The molecule has 1 saturated heterocycles. The fourth-order valence-electron chi connectivity index (χ4n) is 1.47. The lowest BCUT2D eigenvalue weighted by Crippen LogP contribution is -2.46. The minimum absolute atomic E-state index is 0.304. The maximum absolute atomic E-state index is 11.8. The summed E-state index contributed by atoms with van der Waals surface area (Å²) in [5.74, 6) is -1.03. The summed E-state index contributed by atoms with van der Waals surface area (Å²) in [4.78, 5) is 23.7. The van der Waals surface area contributed by atoms with Crippen molar-refractivity contribution in [3.63, 3.8) is 0 Å². The molecule has 102 valence electrons. The van der Waals surface area contributed by atoms with Crippen molar-refractivity contribution < 1.29 is 24.2 Å². The molecular weight excluding hydrogens is 238 g/mol. The molecule has 6 nitrogen and oxygen atoms in total. The van der Waals surface area contributed by atoms with Gasteiger partial charge in [0, 0.05) is 12.6 Å². The Hall–Kier alpha value is -1.56. The number of carbonyl (C=O) groups is 2. The van der Waals surface area contributed by atoms with Crippen LogP contribution in [0.4, 0.5) is 4.79 Å². The molecule has 0 aromatic carbocycles. The normalized spacial score (nSPS) is 21.1. The van der Waals surface area contributed by atoms with E-state index in [0.717, 1.165) is 6.08 Å². The van der Waals surface area contributed by atoms with Crippen molar-refractivity contribution >= 4 is 12.1 Å². The van der Waals surface area contributed by atoms with E-state index in [2.05, 4.69) is 0 Å². The average molecular weight is 257 g/mol. The Morgan fingerprint density at radius 3 is 2.67 bits per heavy atom. The van der Waals surface area contributed by atoms with Gasteiger partial charge in [-0.05, 0) is 26.8 Å². The highest BCUT2D eigenvalue weighted by Crippen LogP contribution is 2.13. The Balaban J connectivity index is 2.53. The largest absolute Gasteiger partial charge is 0.478 e. The van der Waals surface area contributed by atoms with Gasteiger partial charge in [0.2, 0.25) is 0 Å². The minimum atomic E-state index is -1.03. The van der Waals surface area contributed by atoms with Gasteiger partial charge in [0.25, 0.3) is 0 Å². The lowest BCUT2D eigenvalue weighted by molar-refractivity contribution is -0.131. The van der Waals surface area contributed by atoms with Crippen LogP contribution in [0.3, 0.4) is 0 Å². The van der Waals surface area contributed by atoms with Crippen molar-refractivity contribution in [3.8, 4) is 0 Å². The first-order valence-electron chi connectivity index (χ1n) is 5.78. The van der Waals surface area contributed by atoms with Crippen LogP contribution in [0.1, 0.15) is 20.8 Å². The molecule has 6 heteroatoms. The van der Waals surface area contributed by atoms with E-state index >= 15 is 0 Å². The lowest BCUT2D eigenvalue weighted by atomic mass is 10.2. The Kier molecular flexibility index (Phi) is 4.72. The van der Waals surface area contributed by atoms with Crippen LogP contribution in [-0.4, -0.2) is 53.5 Å². The summed E-state index contributed by atoms with van der Waals surface area (Å²) < 4.78 is 10.6. The van der Waals surface area contributed by atoms with Crippen LogP contribution in [-0.2, 0) is 14.3 Å². The van der Waals surface area contributed by atoms with Crippen LogP contribution in [0.15, 0.2) is 12.2 Å². The Morgan fingerprint density at radius 1 is 1.44 bits per heavy atom. The van der Waals surface area contributed by atoms with E-state index in [0.29, 0.717) is 19.7 Å². The summed E-state index contributed by atoms with van der Waals surface area (Å²) in [6, 6.07) is 0. The van der Waals surface area contributed by atoms with Crippen molar-refractivity contribution in [2.75, 3.05) is 19.7 Å². The standard InChI is InChI=1S/C12H19NO5/c1-12(2,3)18-11(16)13-6-7-17-9(8-13)4-5-10(14)15/h4-5,9H,6-8H2,1-3H3,(H,14,15)/b5-4+/t9-/m0/s1. The second-order valence-corrected chi connectivity index (χ2v) is 5.03. The molecule has 0 radical (unpaired) electrons. The molecule has 0 spiro atoms. The molecule has 0 bridgehead atoms. The third kappa shape index (κ3) is 5.18. The van der Waals surface area contributed by atoms with Gasteiger partial charge in [0.1, 0.15) is 5.60 Å². The van der Waals surface area contributed by atoms with Crippen molar-refractivity contribution in [2.24, 2.45) is 0 Å². The quantitative estimate of drug-likeness (QED) is 0.754. The van der Waals surface area contributed by atoms with Crippen LogP contribution in [0.2, 0.25) is 0 Å². The fraction of sp³-hybridized carbons (Fsp3) is 0.667.